The average molecular weight is 435 g/mol. The summed E-state index contributed by atoms with van der Waals surface area (Å²) in [5, 5.41) is 8.17. The van der Waals surface area contributed by atoms with Gasteiger partial charge in [0.25, 0.3) is 0 Å². The Balaban J connectivity index is 0.000000475. The average Bonchev–Trinajstić information content (AvgIpc) is 3.15. The summed E-state index contributed by atoms with van der Waals surface area (Å²) in [6.07, 6.45) is 0. The molecular weight excluding hydrogens is 396 g/mol. The van der Waals surface area contributed by atoms with Gasteiger partial charge in [0.2, 0.25) is 0 Å². The van der Waals surface area contributed by atoms with Gasteiger partial charge in [-0.25, -0.2) is 0 Å². The normalized spacial score (nSPS) is 12.5. The Labute approximate surface area is 200 Å². The third-order valence-electron chi connectivity index (χ3n) is 6.38. The lowest BCUT2D eigenvalue weighted by molar-refractivity contribution is 0.672. The SMILES string of the molecule is CC.CC.CC.CC1(C)c2c(ccc3ccccc23)-c2c1c1ccccc1c1ccccc21. The molecule has 1 aliphatic rings. The minimum absolute atomic E-state index is 0.0326. The highest BCUT2D eigenvalue weighted by molar-refractivity contribution is 6.19. The van der Waals surface area contributed by atoms with Gasteiger partial charge in [-0.15, -0.1) is 0 Å². The molecule has 0 fully saturated rings. The van der Waals surface area contributed by atoms with Gasteiger partial charge in [-0.3, -0.25) is 0 Å². The Kier molecular flexibility index (Phi) is 7.59. The van der Waals surface area contributed by atoms with Crippen LogP contribution in [-0.2, 0) is 5.41 Å². The molecule has 0 radical (unpaired) electrons. The zero-order valence-electron chi connectivity index (χ0n) is 21.6. The van der Waals surface area contributed by atoms with Crippen molar-refractivity contribution in [3.05, 3.63) is 96.1 Å². The van der Waals surface area contributed by atoms with Crippen molar-refractivity contribution in [1.29, 1.82) is 0 Å². The Bertz CT molecular complexity index is 1390. The lowest BCUT2D eigenvalue weighted by Crippen LogP contribution is -2.16. The number of hydrogen-bond donors (Lipinski definition) is 0. The quantitative estimate of drug-likeness (QED) is 0.213. The number of rotatable bonds is 0. The van der Waals surface area contributed by atoms with Gasteiger partial charge >= 0.3 is 0 Å². The highest BCUT2D eigenvalue weighted by atomic mass is 14.4. The Morgan fingerprint density at radius 3 is 1.48 bits per heavy atom. The lowest BCUT2D eigenvalue weighted by Gasteiger charge is -2.25. The fourth-order valence-corrected chi connectivity index (χ4v) is 5.35. The lowest BCUT2D eigenvalue weighted by atomic mass is 9.78. The van der Waals surface area contributed by atoms with Crippen molar-refractivity contribution in [3.8, 4) is 11.1 Å². The molecule has 5 aromatic carbocycles. The smallest absolute Gasteiger partial charge is 0.0171 e. The maximum Gasteiger partial charge on any atom is 0.0171 e. The topological polar surface area (TPSA) is 0 Å². The summed E-state index contributed by atoms with van der Waals surface area (Å²) >= 11 is 0. The van der Waals surface area contributed by atoms with Gasteiger partial charge in [0.15, 0.2) is 0 Å². The van der Waals surface area contributed by atoms with Crippen LogP contribution in [0.2, 0.25) is 0 Å². The first-order valence-electron chi connectivity index (χ1n) is 12.6. The number of hydrogen-bond acceptors (Lipinski definition) is 0. The van der Waals surface area contributed by atoms with E-state index in [0.29, 0.717) is 0 Å². The van der Waals surface area contributed by atoms with Crippen LogP contribution in [0.3, 0.4) is 0 Å². The summed E-state index contributed by atoms with van der Waals surface area (Å²) in [6, 6.07) is 31.2. The predicted molar refractivity (Wildman–Crippen MR) is 151 cm³/mol. The molecule has 0 aromatic heterocycles. The Morgan fingerprint density at radius 2 is 0.879 bits per heavy atom. The number of benzene rings is 5. The molecule has 1 aliphatic carbocycles. The van der Waals surface area contributed by atoms with Crippen LogP contribution >= 0.6 is 0 Å². The van der Waals surface area contributed by atoms with Crippen LogP contribution in [0.15, 0.2) is 84.9 Å². The largest absolute Gasteiger partial charge is 0.0683 e. The fourth-order valence-electron chi connectivity index (χ4n) is 5.35. The van der Waals surface area contributed by atoms with Crippen LogP contribution in [-0.4, -0.2) is 0 Å². The van der Waals surface area contributed by atoms with E-state index in [2.05, 4.69) is 98.8 Å². The summed E-state index contributed by atoms with van der Waals surface area (Å²) in [5.74, 6) is 0. The molecule has 6 rings (SSSR count). The van der Waals surface area contributed by atoms with Crippen LogP contribution in [0.1, 0.15) is 66.5 Å². The second-order valence-electron chi connectivity index (χ2n) is 8.18. The van der Waals surface area contributed by atoms with Crippen LogP contribution in [0.4, 0.5) is 0 Å². The second kappa shape index (κ2) is 10.2. The van der Waals surface area contributed by atoms with Crippen LogP contribution in [0, 0.1) is 0 Å². The maximum atomic E-state index is 2.39. The summed E-state index contributed by atoms with van der Waals surface area (Å²) in [6.45, 7) is 16.8. The minimum Gasteiger partial charge on any atom is -0.0683 e. The fraction of sp³-hybridized carbons (Fsp3) is 0.273. The first-order chi connectivity index (χ1) is 16.2. The third-order valence-corrected chi connectivity index (χ3v) is 6.38. The van der Waals surface area contributed by atoms with E-state index in [1.165, 1.54) is 54.6 Å². The van der Waals surface area contributed by atoms with Crippen molar-refractivity contribution in [2.75, 3.05) is 0 Å². The molecule has 0 bridgehead atoms. The summed E-state index contributed by atoms with van der Waals surface area (Å²) < 4.78 is 0. The molecule has 0 heteroatoms. The molecular formula is C33H38. The zero-order chi connectivity index (χ0) is 24.2. The standard InChI is InChI=1S/C27H20.3C2H6/c1-27(2)25-18-10-4-3-9-17(18)15-16-23(25)24-21-13-7-5-11-19(21)20-12-6-8-14-22(20)26(24)27;3*1-2/h3-16H,1-2H3;3*1-2H3. The molecule has 0 spiro atoms. The highest BCUT2D eigenvalue weighted by Gasteiger charge is 2.39. The molecule has 0 amide bonds. The van der Waals surface area contributed by atoms with Crippen molar-refractivity contribution in [2.24, 2.45) is 0 Å². The summed E-state index contributed by atoms with van der Waals surface area (Å²) in [4.78, 5) is 0. The van der Waals surface area contributed by atoms with Crippen molar-refractivity contribution >= 4 is 32.3 Å². The van der Waals surface area contributed by atoms with E-state index in [1.807, 2.05) is 41.5 Å². The molecule has 0 nitrogen and oxygen atoms in total. The van der Waals surface area contributed by atoms with Crippen molar-refractivity contribution in [1.82, 2.24) is 0 Å². The van der Waals surface area contributed by atoms with E-state index in [1.54, 1.807) is 0 Å². The van der Waals surface area contributed by atoms with E-state index >= 15 is 0 Å². The van der Waals surface area contributed by atoms with E-state index in [0.717, 1.165) is 0 Å². The first kappa shape index (κ1) is 24.5. The van der Waals surface area contributed by atoms with Crippen LogP contribution in [0.25, 0.3) is 43.4 Å². The van der Waals surface area contributed by atoms with Crippen molar-refractivity contribution < 1.29 is 0 Å². The van der Waals surface area contributed by atoms with Crippen LogP contribution in [0.5, 0.6) is 0 Å². The van der Waals surface area contributed by atoms with E-state index in [9.17, 15) is 0 Å². The van der Waals surface area contributed by atoms with Crippen molar-refractivity contribution in [2.45, 2.75) is 60.8 Å². The maximum absolute atomic E-state index is 2.39. The monoisotopic (exact) mass is 434 g/mol. The first-order valence-corrected chi connectivity index (χ1v) is 12.6. The molecule has 0 aliphatic heterocycles. The molecule has 0 saturated carbocycles. The van der Waals surface area contributed by atoms with Gasteiger partial charge in [-0.2, -0.15) is 0 Å². The van der Waals surface area contributed by atoms with E-state index < -0.39 is 0 Å². The Hall–Kier alpha value is -3.12. The van der Waals surface area contributed by atoms with Crippen molar-refractivity contribution in [3.63, 3.8) is 0 Å². The predicted octanol–water partition coefficient (Wildman–Crippen LogP) is 10.5. The molecule has 0 heterocycles. The molecule has 33 heavy (non-hydrogen) atoms. The molecule has 0 N–H and O–H groups in total. The third kappa shape index (κ3) is 3.72. The number of fused-ring (bicyclic) bond motifs is 10. The van der Waals surface area contributed by atoms with Gasteiger partial charge in [-0.05, 0) is 54.6 Å². The molecule has 0 atom stereocenters. The minimum atomic E-state index is -0.0326. The molecule has 5 aromatic rings. The summed E-state index contributed by atoms with van der Waals surface area (Å²) in [7, 11) is 0. The second-order valence-corrected chi connectivity index (χ2v) is 8.18. The Morgan fingerprint density at radius 1 is 0.424 bits per heavy atom. The van der Waals surface area contributed by atoms with E-state index in [4.69, 9.17) is 0 Å². The van der Waals surface area contributed by atoms with Crippen LogP contribution < -0.4 is 0 Å². The van der Waals surface area contributed by atoms with Gasteiger partial charge < -0.3 is 0 Å². The van der Waals surface area contributed by atoms with Gasteiger partial charge in [0, 0.05) is 5.41 Å². The van der Waals surface area contributed by atoms with E-state index in [-0.39, 0.29) is 5.41 Å². The van der Waals surface area contributed by atoms with Gasteiger partial charge in [-0.1, -0.05) is 140 Å². The van der Waals surface area contributed by atoms with Gasteiger partial charge in [0.05, 0.1) is 0 Å². The van der Waals surface area contributed by atoms with Gasteiger partial charge in [0.1, 0.15) is 0 Å². The molecule has 0 saturated heterocycles. The molecule has 170 valence electrons. The highest BCUT2D eigenvalue weighted by Crippen LogP contribution is 2.56. The molecule has 0 unspecified atom stereocenters. The zero-order valence-corrected chi connectivity index (χ0v) is 21.6. The summed E-state index contributed by atoms with van der Waals surface area (Å²) in [5.41, 5.74) is 5.74.